The topological polar surface area (TPSA) is 105 Å². The molecular weight excluding hydrogens is 484 g/mol. The minimum absolute atomic E-state index is 0.203. The largest absolute Gasteiger partial charge is 0.497 e. The van der Waals surface area contributed by atoms with Crippen molar-refractivity contribution in [2.75, 3.05) is 25.2 Å². The van der Waals surface area contributed by atoms with Gasteiger partial charge in [0, 0.05) is 6.07 Å². The van der Waals surface area contributed by atoms with E-state index in [1.165, 1.54) is 13.2 Å². The van der Waals surface area contributed by atoms with Gasteiger partial charge in [-0.3, -0.25) is 24.6 Å². The van der Waals surface area contributed by atoms with Crippen molar-refractivity contribution in [1.82, 2.24) is 5.32 Å². The Labute approximate surface area is 217 Å². The quantitative estimate of drug-likeness (QED) is 0.358. The predicted molar refractivity (Wildman–Crippen MR) is 140 cm³/mol. The van der Waals surface area contributed by atoms with Crippen LogP contribution in [0.1, 0.15) is 39.2 Å². The number of anilines is 1. The highest BCUT2D eigenvalue weighted by Crippen LogP contribution is 2.31. The Morgan fingerprint density at radius 3 is 2.39 bits per heavy atom. The lowest BCUT2D eigenvalue weighted by Gasteiger charge is -2.32. The number of rotatable bonds is 14. The van der Waals surface area contributed by atoms with Gasteiger partial charge in [0.25, 0.3) is 0 Å². The maximum atomic E-state index is 13.9. The molecule has 9 heteroatoms. The van der Waals surface area contributed by atoms with Crippen LogP contribution in [0.5, 0.6) is 5.75 Å². The summed E-state index contributed by atoms with van der Waals surface area (Å²) in [5, 5.41) is 13.0. The van der Waals surface area contributed by atoms with Gasteiger partial charge in [0.15, 0.2) is 0 Å². The third kappa shape index (κ3) is 8.24. The number of ether oxygens (including phenoxy) is 2. The van der Waals surface area contributed by atoms with Gasteiger partial charge in [-0.05, 0) is 43.4 Å². The Morgan fingerprint density at radius 1 is 1.11 bits per heavy atom. The van der Waals surface area contributed by atoms with Crippen molar-refractivity contribution in [1.29, 1.82) is 0 Å². The van der Waals surface area contributed by atoms with Crippen molar-refractivity contribution in [3.63, 3.8) is 0 Å². The summed E-state index contributed by atoms with van der Waals surface area (Å²) in [6.07, 6.45) is 1.62. The number of carboxylic acid groups (broad SMARTS) is 1. The van der Waals surface area contributed by atoms with Crippen LogP contribution in [0.3, 0.4) is 0 Å². The zero-order valence-corrected chi connectivity index (χ0v) is 22.0. The highest BCUT2D eigenvalue weighted by atomic mass is 35.5. The van der Waals surface area contributed by atoms with Crippen molar-refractivity contribution in [2.24, 2.45) is 5.92 Å². The van der Waals surface area contributed by atoms with E-state index in [-0.39, 0.29) is 23.2 Å². The molecule has 0 saturated carbocycles. The van der Waals surface area contributed by atoms with E-state index < -0.39 is 36.5 Å². The van der Waals surface area contributed by atoms with Crippen LogP contribution in [-0.2, 0) is 25.5 Å². The first-order valence-electron chi connectivity index (χ1n) is 12.0. The molecule has 0 spiro atoms. The third-order valence-electron chi connectivity index (χ3n) is 6.00. The number of esters is 1. The molecule has 3 atom stereocenters. The Hall–Kier alpha value is -3.10. The number of benzene rings is 2. The van der Waals surface area contributed by atoms with Gasteiger partial charge in [0.05, 0.1) is 30.5 Å². The monoisotopic (exact) mass is 518 g/mol. The van der Waals surface area contributed by atoms with Crippen LogP contribution < -0.4 is 15.0 Å². The molecule has 36 heavy (non-hydrogen) atoms. The maximum absolute atomic E-state index is 13.9. The van der Waals surface area contributed by atoms with E-state index in [2.05, 4.69) is 5.32 Å². The summed E-state index contributed by atoms with van der Waals surface area (Å²) in [5.74, 6) is -1.95. The second kappa shape index (κ2) is 14.5. The molecule has 0 radical (unpaired) electrons. The average molecular weight is 519 g/mol. The number of methoxy groups -OCH3 is 1. The fourth-order valence-corrected chi connectivity index (χ4v) is 4.03. The van der Waals surface area contributed by atoms with Gasteiger partial charge in [-0.15, -0.1) is 0 Å². The van der Waals surface area contributed by atoms with Gasteiger partial charge in [-0.25, -0.2) is 0 Å². The zero-order valence-electron chi connectivity index (χ0n) is 21.2. The van der Waals surface area contributed by atoms with Crippen LogP contribution in [0, 0.1) is 5.92 Å². The van der Waals surface area contributed by atoms with E-state index in [9.17, 15) is 19.5 Å². The summed E-state index contributed by atoms with van der Waals surface area (Å²) in [6.45, 7) is 5.13. The number of nitrogens with one attached hydrogen (secondary N) is 1. The number of hydrogen-bond acceptors (Lipinski definition) is 6. The Morgan fingerprint density at radius 2 is 1.81 bits per heavy atom. The highest BCUT2D eigenvalue weighted by Gasteiger charge is 2.35. The van der Waals surface area contributed by atoms with E-state index in [4.69, 9.17) is 21.1 Å². The molecule has 0 bridgehead atoms. The van der Waals surface area contributed by atoms with Gasteiger partial charge in [0.1, 0.15) is 18.3 Å². The number of carbonyl (C=O) groups is 3. The van der Waals surface area contributed by atoms with Crippen molar-refractivity contribution >= 4 is 35.1 Å². The first kappa shape index (κ1) is 29.1. The number of hydrogen-bond donors (Lipinski definition) is 2. The summed E-state index contributed by atoms with van der Waals surface area (Å²) < 4.78 is 10.5. The molecule has 2 aromatic carbocycles. The molecular formula is C27H35ClN2O6. The summed E-state index contributed by atoms with van der Waals surface area (Å²) in [5.41, 5.74) is 1.27. The van der Waals surface area contributed by atoms with Crippen molar-refractivity contribution in [3.8, 4) is 5.75 Å². The Bertz CT molecular complexity index is 1020. The van der Waals surface area contributed by atoms with E-state index in [1.807, 2.05) is 44.2 Å². The highest BCUT2D eigenvalue weighted by molar-refractivity contribution is 6.34. The summed E-state index contributed by atoms with van der Waals surface area (Å²) in [7, 11) is 1.47. The summed E-state index contributed by atoms with van der Waals surface area (Å²) in [4.78, 5) is 39.6. The maximum Gasteiger partial charge on any atom is 0.323 e. The molecule has 8 nitrogen and oxygen atoms in total. The Kier molecular flexibility index (Phi) is 11.7. The number of carboxylic acids is 1. The molecule has 0 heterocycles. The number of aryl methyl sites for hydroxylation is 1. The molecule has 196 valence electrons. The van der Waals surface area contributed by atoms with Crippen LogP contribution >= 0.6 is 11.6 Å². The zero-order chi connectivity index (χ0) is 26.7. The predicted octanol–water partition coefficient (Wildman–Crippen LogP) is 4.34. The van der Waals surface area contributed by atoms with Gasteiger partial charge >= 0.3 is 11.9 Å². The molecule has 1 amide bonds. The second-order valence-corrected chi connectivity index (χ2v) is 8.90. The van der Waals surface area contributed by atoms with Crippen molar-refractivity contribution in [2.45, 2.75) is 52.1 Å². The molecule has 0 aliphatic heterocycles. The summed E-state index contributed by atoms with van der Waals surface area (Å²) in [6, 6.07) is 12.8. The fraction of sp³-hybridized carbons (Fsp3) is 0.444. The number of carbonyl (C=O) groups excluding carboxylic acids is 2. The average Bonchev–Trinajstić information content (AvgIpc) is 2.87. The van der Waals surface area contributed by atoms with Gasteiger partial charge in [-0.1, -0.05) is 62.2 Å². The van der Waals surface area contributed by atoms with Crippen LogP contribution in [0.4, 0.5) is 5.69 Å². The lowest BCUT2D eigenvalue weighted by atomic mass is 9.95. The number of halogens is 1. The minimum Gasteiger partial charge on any atom is -0.497 e. The standard InChI is InChI=1S/C27H35ClN2O6/c1-5-18(3)25(29-22(27(34)36-6-2)15-12-19-10-8-7-9-11-19)26(33)30(17-24(31)32)23-16-20(35-4)13-14-21(23)28/h7-11,13-14,16,18,22,25,29H,5-6,12,15,17H2,1-4H3,(H,31,32)/t18-,22-,25-/m0/s1. The smallest absolute Gasteiger partial charge is 0.323 e. The summed E-state index contributed by atoms with van der Waals surface area (Å²) >= 11 is 6.37. The first-order chi connectivity index (χ1) is 17.2. The molecule has 0 aliphatic rings. The van der Waals surface area contributed by atoms with Gasteiger partial charge < -0.3 is 14.6 Å². The van der Waals surface area contributed by atoms with Gasteiger partial charge in [-0.2, -0.15) is 0 Å². The third-order valence-corrected chi connectivity index (χ3v) is 6.32. The van der Waals surface area contributed by atoms with E-state index >= 15 is 0 Å². The lowest BCUT2D eigenvalue weighted by Crippen LogP contribution is -2.56. The van der Waals surface area contributed by atoms with Crippen LogP contribution in [0.25, 0.3) is 0 Å². The van der Waals surface area contributed by atoms with Crippen LogP contribution in [0.15, 0.2) is 48.5 Å². The van der Waals surface area contributed by atoms with Crippen molar-refractivity contribution < 1.29 is 29.0 Å². The van der Waals surface area contributed by atoms with Crippen LogP contribution in [0.2, 0.25) is 5.02 Å². The lowest BCUT2D eigenvalue weighted by molar-refractivity contribution is -0.146. The van der Waals surface area contributed by atoms with Crippen molar-refractivity contribution in [3.05, 3.63) is 59.1 Å². The minimum atomic E-state index is -1.20. The first-order valence-corrected chi connectivity index (χ1v) is 12.4. The van der Waals surface area contributed by atoms with E-state index in [0.29, 0.717) is 25.0 Å². The molecule has 2 N–H and O–H groups in total. The second-order valence-electron chi connectivity index (χ2n) is 8.49. The SMILES string of the molecule is CCOC(=O)[C@H](CCc1ccccc1)N[C@H](C(=O)N(CC(=O)O)c1cc(OC)ccc1Cl)[C@@H](C)CC. The van der Waals surface area contributed by atoms with E-state index in [1.54, 1.807) is 19.1 Å². The number of aliphatic carboxylic acids is 1. The number of amides is 1. The molecule has 0 aromatic heterocycles. The molecule has 2 rings (SSSR count). The Balaban J connectivity index is 2.41. The van der Waals surface area contributed by atoms with Gasteiger partial charge in [0.2, 0.25) is 5.91 Å². The molecule has 0 unspecified atom stereocenters. The molecule has 0 saturated heterocycles. The van der Waals surface area contributed by atoms with Crippen LogP contribution in [-0.4, -0.2) is 55.3 Å². The number of nitrogens with zero attached hydrogens (tertiary/aromatic N) is 1. The normalized spacial score (nSPS) is 13.4. The molecule has 2 aromatic rings. The fourth-order valence-electron chi connectivity index (χ4n) is 3.81. The molecule has 0 aliphatic carbocycles. The molecule has 0 fully saturated rings. The van der Waals surface area contributed by atoms with E-state index in [0.717, 1.165) is 10.5 Å².